The second-order valence-electron chi connectivity index (χ2n) is 5.99. The van der Waals surface area contributed by atoms with Crippen LogP contribution in [0.4, 0.5) is 0 Å². The quantitative estimate of drug-likeness (QED) is 0.713. The van der Waals surface area contributed by atoms with Gasteiger partial charge in [0.15, 0.2) is 0 Å². The molecule has 2 heteroatoms. The lowest BCUT2D eigenvalue weighted by molar-refractivity contribution is -0.00901. The van der Waals surface area contributed by atoms with Gasteiger partial charge in [0.1, 0.15) is 0 Å². The largest absolute Gasteiger partial charge is 0.295 e. The summed E-state index contributed by atoms with van der Waals surface area (Å²) in [6, 6.07) is 3.18. The number of nitriles is 1. The minimum absolute atomic E-state index is 0.239. The van der Waals surface area contributed by atoms with E-state index in [1.165, 1.54) is 45.1 Å². The van der Waals surface area contributed by atoms with Gasteiger partial charge in [-0.15, -0.1) is 0 Å². The molecule has 0 aromatic rings. The number of piperidine rings is 1. The van der Waals surface area contributed by atoms with Gasteiger partial charge in [0.25, 0.3) is 0 Å². The molecular formula is C14H24N2. The second-order valence-corrected chi connectivity index (χ2v) is 5.99. The zero-order valence-electron chi connectivity index (χ0n) is 10.7. The average Bonchev–Trinajstić information content (AvgIpc) is 2.74. The molecule has 0 aromatic carbocycles. The molecule has 2 aliphatic rings. The molecule has 1 aliphatic heterocycles. The summed E-state index contributed by atoms with van der Waals surface area (Å²) >= 11 is 0. The van der Waals surface area contributed by atoms with Crippen molar-refractivity contribution in [2.24, 2.45) is 5.92 Å². The van der Waals surface area contributed by atoms with Crippen molar-refractivity contribution in [2.75, 3.05) is 6.54 Å². The van der Waals surface area contributed by atoms with Gasteiger partial charge in [-0.1, -0.05) is 12.8 Å². The summed E-state index contributed by atoms with van der Waals surface area (Å²) < 4.78 is 0. The van der Waals surface area contributed by atoms with Gasteiger partial charge in [0.05, 0.1) is 6.07 Å². The number of hydrogen-bond donors (Lipinski definition) is 0. The highest BCUT2D eigenvalue weighted by Gasteiger charge is 2.41. The van der Waals surface area contributed by atoms with Crippen molar-refractivity contribution in [3.63, 3.8) is 0 Å². The van der Waals surface area contributed by atoms with Crippen molar-refractivity contribution in [1.82, 2.24) is 4.90 Å². The van der Waals surface area contributed by atoms with Crippen LogP contribution in [-0.2, 0) is 0 Å². The van der Waals surface area contributed by atoms with Gasteiger partial charge in [-0.25, -0.2) is 0 Å². The summed E-state index contributed by atoms with van der Waals surface area (Å²) in [5.41, 5.74) is 0.239. The van der Waals surface area contributed by atoms with Crippen LogP contribution in [0.15, 0.2) is 0 Å². The summed E-state index contributed by atoms with van der Waals surface area (Å²) in [4.78, 5) is 2.71. The Hall–Kier alpha value is -0.550. The van der Waals surface area contributed by atoms with Crippen molar-refractivity contribution in [2.45, 2.75) is 70.4 Å². The molecule has 2 nitrogen and oxygen atoms in total. The zero-order chi connectivity index (χ0) is 11.6. The first kappa shape index (κ1) is 11.9. The molecule has 1 heterocycles. The third kappa shape index (κ3) is 2.11. The summed E-state index contributed by atoms with van der Waals surface area (Å²) in [5.74, 6) is 0.576. The summed E-state index contributed by atoms with van der Waals surface area (Å²) in [6.07, 6.45) is 8.82. The Morgan fingerprint density at radius 3 is 2.50 bits per heavy atom. The van der Waals surface area contributed by atoms with Crippen molar-refractivity contribution in [3.8, 4) is 6.07 Å². The fourth-order valence-corrected chi connectivity index (χ4v) is 3.72. The molecule has 0 radical (unpaired) electrons. The number of hydrogen-bond acceptors (Lipinski definition) is 2. The molecule has 0 bridgehead atoms. The van der Waals surface area contributed by atoms with Gasteiger partial charge in [-0.3, -0.25) is 4.90 Å². The molecule has 1 unspecified atom stereocenters. The van der Waals surface area contributed by atoms with E-state index in [1.807, 2.05) is 0 Å². The first-order valence-corrected chi connectivity index (χ1v) is 6.80. The number of rotatable bonds is 2. The van der Waals surface area contributed by atoms with E-state index in [4.69, 9.17) is 5.26 Å². The Balaban J connectivity index is 2.09. The Labute approximate surface area is 99.6 Å². The van der Waals surface area contributed by atoms with Crippen LogP contribution in [0.2, 0.25) is 0 Å². The first-order valence-electron chi connectivity index (χ1n) is 6.80. The molecule has 2 rings (SSSR count). The highest BCUT2D eigenvalue weighted by Crippen LogP contribution is 2.39. The molecular weight excluding hydrogens is 196 g/mol. The highest BCUT2D eigenvalue weighted by atomic mass is 15.2. The third-order valence-electron chi connectivity index (χ3n) is 4.79. The lowest BCUT2D eigenvalue weighted by Gasteiger charge is -2.50. The van der Waals surface area contributed by atoms with Crippen LogP contribution in [0.3, 0.4) is 0 Å². The van der Waals surface area contributed by atoms with E-state index in [9.17, 15) is 0 Å². The van der Waals surface area contributed by atoms with Gasteiger partial charge in [-0.2, -0.15) is 5.26 Å². The van der Waals surface area contributed by atoms with Crippen LogP contribution in [0.1, 0.15) is 58.8 Å². The molecule has 1 atom stereocenters. The molecule has 1 saturated heterocycles. The van der Waals surface area contributed by atoms with Crippen LogP contribution < -0.4 is 0 Å². The van der Waals surface area contributed by atoms with Crippen LogP contribution in [-0.4, -0.2) is 23.0 Å². The predicted octanol–water partition coefficient (Wildman–Crippen LogP) is 3.33. The van der Waals surface area contributed by atoms with Crippen molar-refractivity contribution in [3.05, 3.63) is 0 Å². The molecule has 0 spiro atoms. The lowest BCUT2D eigenvalue weighted by Crippen LogP contribution is -2.56. The summed E-state index contributed by atoms with van der Waals surface area (Å²) in [7, 11) is 0. The smallest absolute Gasteiger partial charge is 0.0625 e. The molecule has 1 saturated carbocycles. The second kappa shape index (κ2) is 4.75. The fraction of sp³-hybridized carbons (Fsp3) is 0.929. The molecule has 0 aromatic heterocycles. The molecule has 16 heavy (non-hydrogen) atoms. The van der Waals surface area contributed by atoms with Crippen LogP contribution in [0.5, 0.6) is 0 Å². The maximum absolute atomic E-state index is 8.93. The molecule has 2 fully saturated rings. The SMILES string of the molecule is CC1(C)C(CC#N)CCCN1C1CCCC1. The Morgan fingerprint density at radius 1 is 1.19 bits per heavy atom. The first-order chi connectivity index (χ1) is 7.66. The topological polar surface area (TPSA) is 27.0 Å². The van der Waals surface area contributed by atoms with Crippen LogP contribution in [0, 0.1) is 17.2 Å². The normalized spacial score (nSPS) is 31.4. The van der Waals surface area contributed by atoms with Crippen molar-refractivity contribution >= 4 is 0 Å². The van der Waals surface area contributed by atoms with Gasteiger partial charge < -0.3 is 0 Å². The van der Waals surface area contributed by atoms with E-state index in [0.29, 0.717) is 5.92 Å². The van der Waals surface area contributed by atoms with E-state index in [1.54, 1.807) is 0 Å². The Kier molecular flexibility index (Phi) is 3.54. The molecule has 90 valence electrons. The lowest BCUT2D eigenvalue weighted by atomic mass is 9.76. The minimum atomic E-state index is 0.239. The standard InChI is InChI=1S/C14H24N2/c1-14(2)12(9-10-15)6-5-11-16(14)13-7-3-4-8-13/h12-13H,3-9,11H2,1-2H3. The number of nitrogens with zero attached hydrogens (tertiary/aromatic N) is 2. The van der Waals surface area contributed by atoms with Gasteiger partial charge >= 0.3 is 0 Å². The molecule has 1 aliphatic carbocycles. The van der Waals surface area contributed by atoms with Crippen LogP contribution in [0.25, 0.3) is 0 Å². The predicted molar refractivity (Wildman–Crippen MR) is 66.0 cm³/mol. The monoisotopic (exact) mass is 220 g/mol. The maximum atomic E-state index is 8.93. The van der Waals surface area contributed by atoms with Crippen molar-refractivity contribution < 1.29 is 0 Å². The number of likely N-dealkylation sites (tertiary alicyclic amines) is 1. The third-order valence-corrected chi connectivity index (χ3v) is 4.79. The van der Waals surface area contributed by atoms with E-state index in [2.05, 4.69) is 24.8 Å². The van der Waals surface area contributed by atoms with Gasteiger partial charge in [0, 0.05) is 18.0 Å². The Morgan fingerprint density at radius 2 is 1.88 bits per heavy atom. The summed E-state index contributed by atoms with van der Waals surface area (Å²) in [6.45, 7) is 5.96. The minimum Gasteiger partial charge on any atom is -0.295 e. The maximum Gasteiger partial charge on any atom is 0.0625 e. The highest BCUT2D eigenvalue weighted by molar-refractivity contribution is 4.99. The molecule has 0 amide bonds. The van der Waals surface area contributed by atoms with E-state index >= 15 is 0 Å². The average molecular weight is 220 g/mol. The summed E-state index contributed by atoms with van der Waals surface area (Å²) in [5, 5.41) is 8.93. The van der Waals surface area contributed by atoms with Crippen molar-refractivity contribution in [1.29, 1.82) is 5.26 Å². The Bertz CT molecular complexity index is 271. The fourth-order valence-electron chi connectivity index (χ4n) is 3.72. The van der Waals surface area contributed by atoms with E-state index in [0.717, 1.165) is 12.5 Å². The molecule has 0 N–H and O–H groups in total. The van der Waals surface area contributed by atoms with E-state index < -0.39 is 0 Å². The van der Waals surface area contributed by atoms with E-state index in [-0.39, 0.29) is 5.54 Å². The van der Waals surface area contributed by atoms with Gasteiger partial charge in [0.2, 0.25) is 0 Å². The zero-order valence-corrected chi connectivity index (χ0v) is 10.7. The van der Waals surface area contributed by atoms with Gasteiger partial charge in [-0.05, 0) is 52.0 Å². The van der Waals surface area contributed by atoms with Crippen LogP contribution >= 0.6 is 0 Å².